The molecule has 0 atom stereocenters. The minimum absolute atomic E-state index is 0. The molecule has 2 aliphatic rings. The predicted octanol–water partition coefficient (Wildman–Crippen LogP) is 0.399. The van der Waals surface area contributed by atoms with E-state index in [1.165, 1.54) is 5.69 Å². The number of carboxylic acids is 1. The Balaban J connectivity index is 0.000000363. The van der Waals surface area contributed by atoms with Gasteiger partial charge in [0.25, 0.3) is 0 Å². The number of piperazine rings is 2. The van der Waals surface area contributed by atoms with Gasteiger partial charge in [0, 0.05) is 73.8 Å². The fourth-order valence-corrected chi connectivity index (χ4v) is 4.46. The number of esters is 1. The summed E-state index contributed by atoms with van der Waals surface area (Å²) >= 11 is 11.7. The van der Waals surface area contributed by atoms with Gasteiger partial charge in [-0.15, -0.1) is 0 Å². The maximum absolute atomic E-state index is 11.4. The van der Waals surface area contributed by atoms with Crippen LogP contribution in [0.15, 0.2) is 48.5 Å². The maximum atomic E-state index is 11.4. The van der Waals surface area contributed by atoms with Crippen molar-refractivity contribution in [3.8, 4) is 0 Å². The number of carboxylic acid groups (broad SMARTS) is 1. The molecule has 9 nitrogen and oxygen atoms in total. The van der Waals surface area contributed by atoms with Crippen molar-refractivity contribution in [3.63, 3.8) is 0 Å². The Bertz CT molecular complexity index is 969. The second-order valence-electron chi connectivity index (χ2n) is 8.68. The number of aliphatic carboxylic acids is 1. The van der Waals surface area contributed by atoms with Crippen molar-refractivity contribution in [2.75, 3.05) is 81.9 Å². The summed E-state index contributed by atoms with van der Waals surface area (Å²) in [6.45, 7) is 9.68. The van der Waals surface area contributed by atoms with Gasteiger partial charge < -0.3 is 25.1 Å². The topological polar surface area (TPSA) is 107 Å². The molecule has 2 heterocycles. The number of rotatable bonds is 7. The zero-order chi connectivity index (χ0) is 25.9. The Labute approximate surface area is 256 Å². The van der Waals surface area contributed by atoms with Gasteiger partial charge in [-0.3, -0.25) is 19.4 Å². The van der Waals surface area contributed by atoms with Crippen LogP contribution in [0.3, 0.4) is 0 Å². The molecular formula is C26H35Cl2N4NaO5. The van der Waals surface area contributed by atoms with E-state index >= 15 is 0 Å². The van der Waals surface area contributed by atoms with E-state index < -0.39 is 5.97 Å². The molecule has 0 aliphatic carbocycles. The molecule has 2 aliphatic heterocycles. The van der Waals surface area contributed by atoms with E-state index in [0.717, 1.165) is 68.1 Å². The first-order chi connectivity index (χ1) is 17.3. The summed E-state index contributed by atoms with van der Waals surface area (Å²) < 4.78 is 4.96. The van der Waals surface area contributed by atoms with Crippen molar-refractivity contribution in [1.82, 2.24) is 9.80 Å². The fraction of sp³-hybridized carbons (Fsp3) is 0.462. The molecule has 2 saturated heterocycles. The largest absolute Gasteiger partial charge is 1.00 e. The van der Waals surface area contributed by atoms with E-state index in [-0.39, 0.29) is 47.5 Å². The fourth-order valence-electron chi connectivity index (χ4n) is 4.21. The normalized spacial score (nSPS) is 15.9. The van der Waals surface area contributed by atoms with Crippen LogP contribution in [0.2, 0.25) is 10.0 Å². The molecule has 204 valence electrons. The van der Waals surface area contributed by atoms with Crippen LogP contribution in [0.4, 0.5) is 11.4 Å². The van der Waals surface area contributed by atoms with Crippen LogP contribution in [0.1, 0.15) is 6.92 Å². The van der Waals surface area contributed by atoms with Crippen LogP contribution in [-0.2, 0) is 14.3 Å². The molecule has 0 radical (unpaired) electrons. The number of halogens is 2. The molecule has 2 aromatic carbocycles. The third-order valence-corrected chi connectivity index (χ3v) is 6.65. The van der Waals surface area contributed by atoms with Gasteiger partial charge in [-0.05, 0) is 55.5 Å². The van der Waals surface area contributed by atoms with Crippen LogP contribution in [-0.4, -0.2) is 104 Å². The van der Waals surface area contributed by atoms with Crippen molar-refractivity contribution in [2.24, 2.45) is 0 Å². The summed E-state index contributed by atoms with van der Waals surface area (Å²) in [5.41, 5.74) is 2.32. The average molecular weight is 577 g/mol. The van der Waals surface area contributed by atoms with Crippen molar-refractivity contribution >= 4 is 46.5 Å². The number of carbonyl (C=O) groups excluding carboxylic acids is 1. The van der Waals surface area contributed by atoms with Gasteiger partial charge in [-0.1, -0.05) is 23.2 Å². The smallest absolute Gasteiger partial charge is 0.870 e. The van der Waals surface area contributed by atoms with Crippen LogP contribution >= 0.6 is 23.2 Å². The SMILES string of the molecule is CCOC(=O)CN1CCN(c2ccc(Cl)cc2)CC1.O=C(O)CN1CCN(c2ccc(Cl)cc2)CC1.[Na+].[OH-]. The summed E-state index contributed by atoms with van der Waals surface area (Å²) in [6, 6.07) is 15.6. The van der Waals surface area contributed by atoms with Gasteiger partial charge in [0.05, 0.1) is 19.7 Å². The minimum atomic E-state index is -0.759. The van der Waals surface area contributed by atoms with Gasteiger partial charge in [0.2, 0.25) is 0 Å². The number of anilines is 2. The Morgan fingerprint density at radius 3 is 1.45 bits per heavy atom. The summed E-state index contributed by atoms with van der Waals surface area (Å²) in [4.78, 5) is 30.6. The first-order valence-corrected chi connectivity index (χ1v) is 12.9. The number of carbonyl (C=O) groups is 2. The van der Waals surface area contributed by atoms with E-state index in [9.17, 15) is 9.59 Å². The quantitative estimate of drug-likeness (QED) is 0.370. The molecular weight excluding hydrogens is 542 g/mol. The van der Waals surface area contributed by atoms with Crippen LogP contribution in [0.5, 0.6) is 0 Å². The molecule has 0 unspecified atom stereocenters. The second kappa shape index (κ2) is 17.9. The maximum Gasteiger partial charge on any atom is 1.00 e. The van der Waals surface area contributed by atoms with E-state index in [0.29, 0.717) is 13.2 Å². The molecule has 12 heteroatoms. The van der Waals surface area contributed by atoms with Crippen molar-refractivity contribution < 1.29 is 54.5 Å². The van der Waals surface area contributed by atoms with Gasteiger partial charge in [0.1, 0.15) is 0 Å². The minimum Gasteiger partial charge on any atom is -0.870 e. The molecule has 0 saturated carbocycles. The van der Waals surface area contributed by atoms with Gasteiger partial charge in [0.15, 0.2) is 0 Å². The summed E-state index contributed by atoms with van der Waals surface area (Å²) in [6.07, 6.45) is 0. The molecule has 2 N–H and O–H groups in total. The number of hydrogen-bond acceptors (Lipinski definition) is 8. The number of hydrogen-bond donors (Lipinski definition) is 1. The van der Waals surface area contributed by atoms with E-state index in [1.54, 1.807) is 0 Å². The number of ether oxygens (including phenoxy) is 1. The first-order valence-electron chi connectivity index (χ1n) is 12.2. The van der Waals surface area contributed by atoms with Crippen LogP contribution in [0.25, 0.3) is 0 Å². The summed E-state index contributed by atoms with van der Waals surface area (Å²) in [7, 11) is 0. The molecule has 0 amide bonds. The predicted molar refractivity (Wildman–Crippen MR) is 146 cm³/mol. The molecule has 0 bridgehead atoms. The summed E-state index contributed by atoms with van der Waals surface area (Å²) in [5, 5.41) is 10.2. The monoisotopic (exact) mass is 576 g/mol. The summed E-state index contributed by atoms with van der Waals surface area (Å²) in [5.74, 6) is -0.896. The van der Waals surface area contributed by atoms with Crippen molar-refractivity contribution in [2.45, 2.75) is 6.92 Å². The Hall–Kier alpha value is -1.56. The van der Waals surface area contributed by atoms with E-state index in [1.807, 2.05) is 60.4 Å². The molecule has 2 aromatic rings. The van der Waals surface area contributed by atoms with Crippen molar-refractivity contribution in [1.29, 1.82) is 0 Å². The van der Waals surface area contributed by atoms with Crippen LogP contribution < -0.4 is 39.4 Å². The zero-order valence-electron chi connectivity index (χ0n) is 22.1. The molecule has 2 fully saturated rings. The van der Waals surface area contributed by atoms with E-state index in [2.05, 4.69) is 14.7 Å². The Kier molecular flexibility index (Phi) is 16.2. The third kappa shape index (κ3) is 11.7. The van der Waals surface area contributed by atoms with Crippen LogP contribution in [0, 0.1) is 0 Å². The third-order valence-electron chi connectivity index (χ3n) is 6.15. The van der Waals surface area contributed by atoms with Crippen molar-refractivity contribution in [3.05, 3.63) is 58.6 Å². The molecule has 0 spiro atoms. The molecule has 4 rings (SSSR count). The number of nitrogens with zero attached hydrogens (tertiary/aromatic N) is 4. The molecule has 38 heavy (non-hydrogen) atoms. The van der Waals surface area contributed by atoms with Gasteiger partial charge in [-0.2, -0.15) is 0 Å². The number of benzene rings is 2. The second-order valence-corrected chi connectivity index (χ2v) is 9.55. The van der Waals surface area contributed by atoms with Gasteiger partial charge >= 0.3 is 41.5 Å². The average Bonchev–Trinajstić information content (AvgIpc) is 2.86. The first kappa shape index (κ1) is 34.5. The molecule has 0 aromatic heterocycles. The Morgan fingerprint density at radius 2 is 1.11 bits per heavy atom. The Morgan fingerprint density at radius 1 is 0.737 bits per heavy atom. The standard InChI is InChI=1S/C14H19ClN2O2.C12H15ClN2O2.Na.H2O/c1-2-19-14(18)11-16-7-9-17(10-8-16)13-5-3-12(15)4-6-13;13-10-1-3-11(4-2-10)15-7-5-14(6-8-15)9-12(16)17;;/h3-6H,2,7-11H2,1H3;1-4H,5-9H2,(H,16,17);;1H2/q;;+1;/p-1. The van der Waals surface area contributed by atoms with E-state index in [4.69, 9.17) is 33.0 Å². The zero-order valence-corrected chi connectivity index (χ0v) is 25.6. The van der Waals surface area contributed by atoms with Gasteiger partial charge in [-0.25, -0.2) is 0 Å².